The van der Waals surface area contributed by atoms with E-state index >= 15 is 0 Å². The molecule has 0 unspecified atom stereocenters. The number of fused-ring (bicyclic) bond motifs is 1. The average Bonchev–Trinajstić information content (AvgIpc) is 2.89. The molecule has 17 heavy (non-hydrogen) atoms. The molecule has 0 spiro atoms. The van der Waals surface area contributed by atoms with Gasteiger partial charge in [-0.2, -0.15) is 4.98 Å². The first-order valence-corrected chi connectivity index (χ1v) is 5.20. The lowest BCUT2D eigenvalue weighted by atomic mass is 10.2. The number of hydrogen-bond acceptors (Lipinski definition) is 6. The Bertz CT molecular complexity index is 623. The Hall–Kier alpha value is -2.08. The molecule has 0 radical (unpaired) electrons. The predicted octanol–water partition coefficient (Wildman–Crippen LogP) is 2.92. The van der Waals surface area contributed by atoms with Gasteiger partial charge in [-0.05, 0) is 24.6 Å². The molecule has 6 nitrogen and oxygen atoms in total. The van der Waals surface area contributed by atoms with E-state index in [4.69, 9.17) is 20.4 Å². The van der Waals surface area contributed by atoms with Crippen LogP contribution in [0.1, 0.15) is 5.56 Å². The van der Waals surface area contributed by atoms with E-state index in [1.165, 1.54) is 6.39 Å². The third kappa shape index (κ3) is 1.83. The minimum atomic E-state index is 0.222. The summed E-state index contributed by atoms with van der Waals surface area (Å²) in [4.78, 5) is 4.20. The molecule has 0 saturated carbocycles. The molecule has 0 amide bonds. The molecule has 1 N–H and O–H groups in total. The second-order valence-corrected chi connectivity index (χ2v) is 3.86. The van der Waals surface area contributed by atoms with Gasteiger partial charge in [0.15, 0.2) is 5.58 Å². The zero-order valence-electron chi connectivity index (χ0n) is 8.77. The van der Waals surface area contributed by atoms with E-state index in [2.05, 4.69) is 20.5 Å². The summed E-state index contributed by atoms with van der Waals surface area (Å²) in [7, 11) is 0. The third-order valence-corrected chi connectivity index (χ3v) is 2.65. The van der Waals surface area contributed by atoms with Crippen molar-refractivity contribution in [2.75, 3.05) is 5.32 Å². The molecule has 1 aromatic carbocycles. The first-order valence-electron chi connectivity index (χ1n) is 4.82. The van der Waals surface area contributed by atoms with Gasteiger partial charge in [-0.25, -0.2) is 0 Å². The Morgan fingerprint density at radius 2 is 2.18 bits per heavy atom. The fraction of sp³-hybridized carbons (Fsp3) is 0.100. The van der Waals surface area contributed by atoms with Gasteiger partial charge in [-0.15, -0.1) is 5.10 Å². The minimum Gasteiger partial charge on any atom is -0.423 e. The van der Waals surface area contributed by atoms with Gasteiger partial charge < -0.3 is 8.83 Å². The molecule has 0 aliphatic heterocycles. The quantitative estimate of drug-likeness (QED) is 0.753. The monoisotopic (exact) mass is 250 g/mol. The highest BCUT2D eigenvalue weighted by molar-refractivity contribution is 6.32. The van der Waals surface area contributed by atoms with Crippen LogP contribution in [-0.2, 0) is 0 Å². The van der Waals surface area contributed by atoms with Gasteiger partial charge in [0.2, 0.25) is 6.39 Å². The van der Waals surface area contributed by atoms with E-state index in [-0.39, 0.29) is 12.0 Å². The number of aryl methyl sites for hydroxylation is 1. The number of rotatable bonds is 2. The van der Waals surface area contributed by atoms with Gasteiger partial charge in [0, 0.05) is 5.02 Å². The number of halogens is 1. The molecular weight excluding hydrogens is 244 g/mol. The van der Waals surface area contributed by atoms with Crippen LogP contribution < -0.4 is 5.32 Å². The van der Waals surface area contributed by atoms with Crippen molar-refractivity contribution in [2.45, 2.75) is 6.92 Å². The number of benzene rings is 1. The highest BCUT2D eigenvalue weighted by Crippen LogP contribution is 2.26. The van der Waals surface area contributed by atoms with Crippen LogP contribution in [0.25, 0.3) is 11.1 Å². The highest BCUT2D eigenvalue weighted by atomic mass is 35.5. The van der Waals surface area contributed by atoms with E-state index in [1.807, 2.05) is 13.0 Å². The first-order chi connectivity index (χ1) is 8.22. The summed E-state index contributed by atoms with van der Waals surface area (Å²) >= 11 is 6.00. The van der Waals surface area contributed by atoms with Gasteiger partial charge in [0.1, 0.15) is 5.52 Å². The van der Waals surface area contributed by atoms with Crippen molar-refractivity contribution in [1.82, 2.24) is 15.2 Å². The molecule has 0 saturated heterocycles. The molecule has 0 aliphatic carbocycles. The van der Waals surface area contributed by atoms with E-state index < -0.39 is 0 Å². The van der Waals surface area contributed by atoms with Crippen LogP contribution in [-0.4, -0.2) is 15.2 Å². The van der Waals surface area contributed by atoms with Crippen LogP contribution in [0.2, 0.25) is 5.02 Å². The molecule has 86 valence electrons. The standard InChI is InChI=1S/C10H7ClN4O2/c1-5-2-8-7(3-6(5)11)13-9(17-8)14-10-15-12-4-16-10/h2-4H,1H3,(H,13,14,15). The Labute approximate surface area is 101 Å². The van der Waals surface area contributed by atoms with Crippen LogP contribution in [0.15, 0.2) is 27.4 Å². The number of nitrogens with one attached hydrogen (secondary N) is 1. The number of oxazole rings is 1. The van der Waals surface area contributed by atoms with Crippen molar-refractivity contribution in [2.24, 2.45) is 0 Å². The fourth-order valence-corrected chi connectivity index (χ4v) is 1.58. The van der Waals surface area contributed by atoms with Crippen molar-refractivity contribution < 1.29 is 8.83 Å². The summed E-state index contributed by atoms with van der Waals surface area (Å²) in [5.74, 6) is 0. The van der Waals surface area contributed by atoms with Crippen molar-refractivity contribution in [3.8, 4) is 0 Å². The summed E-state index contributed by atoms with van der Waals surface area (Å²) in [6, 6.07) is 4.07. The molecule has 3 aromatic rings. The topological polar surface area (TPSA) is 77.0 Å². The summed E-state index contributed by atoms with van der Waals surface area (Å²) in [6.07, 6.45) is 1.21. The van der Waals surface area contributed by atoms with E-state index in [0.717, 1.165) is 5.56 Å². The zero-order chi connectivity index (χ0) is 11.8. The molecular formula is C10H7ClN4O2. The van der Waals surface area contributed by atoms with E-state index in [9.17, 15) is 0 Å². The maximum absolute atomic E-state index is 6.00. The highest BCUT2D eigenvalue weighted by Gasteiger charge is 2.10. The normalized spacial score (nSPS) is 10.9. The second-order valence-electron chi connectivity index (χ2n) is 3.46. The number of aromatic nitrogens is 3. The number of anilines is 2. The maximum Gasteiger partial charge on any atom is 0.323 e. The van der Waals surface area contributed by atoms with Gasteiger partial charge in [0.05, 0.1) is 0 Å². The predicted molar refractivity (Wildman–Crippen MR) is 61.3 cm³/mol. The van der Waals surface area contributed by atoms with Crippen LogP contribution >= 0.6 is 11.6 Å². The Balaban J connectivity index is 2.02. The van der Waals surface area contributed by atoms with Crippen LogP contribution in [0.4, 0.5) is 12.0 Å². The van der Waals surface area contributed by atoms with Crippen LogP contribution in [0.3, 0.4) is 0 Å². The van der Waals surface area contributed by atoms with Crippen molar-refractivity contribution in [3.05, 3.63) is 29.1 Å². The Kier molecular flexibility index (Phi) is 2.22. The van der Waals surface area contributed by atoms with Gasteiger partial charge in [-0.3, -0.25) is 5.32 Å². The van der Waals surface area contributed by atoms with E-state index in [1.54, 1.807) is 6.07 Å². The molecule has 2 aromatic heterocycles. The fourth-order valence-electron chi connectivity index (χ4n) is 1.42. The third-order valence-electron chi connectivity index (χ3n) is 2.24. The minimum absolute atomic E-state index is 0.222. The average molecular weight is 251 g/mol. The van der Waals surface area contributed by atoms with E-state index in [0.29, 0.717) is 16.1 Å². The molecule has 0 bridgehead atoms. The SMILES string of the molecule is Cc1cc2oc(Nc3nnco3)nc2cc1Cl. The van der Waals surface area contributed by atoms with Crippen LogP contribution in [0.5, 0.6) is 0 Å². The molecule has 2 heterocycles. The van der Waals surface area contributed by atoms with Gasteiger partial charge >= 0.3 is 12.0 Å². The Morgan fingerprint density at radius 3 is 2.94 bits per heavy atom. The van der Waals surface area contributed by atoms with Gasteiger partial charge in [-0.1, -0.05) is 16.7 Å². The largest absolute Gasteiger partial charge is 0.423 e. The molecule has 0 fully saturated rings. The van der Waals surface area contributed by atoms with Crippen molar-refractivity contribution in [3.63, 3.8) is 0 Å². The van der Waals surface area contributed by atoms with Gasteiger partial charge in [0.25, 0.3) is 0 Å². The summed E-state index contributed by atoms with van der Waals surface area (Å²) in [6.45, 7) is 1.90. The second kappa shape index (κ2) is 3.74. The summed E-state index contributed by atoms with van der Waals surface area (Å²) in [5.41, 5.74) is 2.25. The summed E-state index contributed by atoms with van der Waals surface area (Å²) in [5, 5.41) is 10.6. The smallest absolute Gasteiger partial charge is 0.323 e. The van der Waals surface area contributed by atoms with Crippen molar-refractivity contribution in [1.29, 1.82) is 0 Å². The lowest BCUT2D eigenvalue weighted by molar-refractivity contribution is 0.559. The molecule has 3 rings (SSSR count). The zero-order valence-corrected chi connectivity index (χ0v) is 9.52. The maximum atomic E-state index is 6.00. The van der Waals surface area contributed by atoms with Crippen molar-refractivity contribution >= 4 is 34.7 Å². The summed E-state index contributed by atoms with van der Waals surface area (Å²) < 4.78 is 10.4. The number of nitrogens with zero attached hydrogens (tertiary/aromatic N) is 3. The lowest BCUT2D eigenvalue weighted by Gasteiger charge is -1.94. The Morgan fingerprint density at radius 1 is 1.29 bits per heavy atom. The molecule has 7 heteroatoms. The number of hydrogen-bond donors (Lipinski definition) is 1. The lowest BCUT2D eigenvalue weighted by Crippen LogP contribution is -1.89. The first kappa shape index (κ1) is 10.1. The molecule has 0 aliphatic rings. The van der Waals surface area contributed by atoms with Crippen LogP contribution in [0, 0.1) is 6.92 Å². The molecule has 0 atom stereocenters.